The first-order valence-corrected chi connectivity index (χ1v) is 7.31. The number of rotatable bonds is 3. The second-order valence-electron chi connectivity index (χ2n) is 5.34. The monoisotopic (exact) mass is 333 g/mol. The molecule has 0 bridgehead atoms. The first kappa shape index (κ1) is 14.9. The number of benzene rings is 1. The Kier molecular flexibility index (Phi) is 4.58. The smallest absolute Gasteiger partial charge is 0.146 e. The number of hydrogen-bond acceptors (Lipinski definition) is 2. The van der Waals surface area contributed by atoms with Gasteiger partial charge in [0.1, 0.15) is 11.6 Å². The predicted octanol–water partition coefficient (Wildman–Crippen LogP) is 3.47. The van der Waals surface area contributed by atoms with Gasteiger partial charge in [0, 0.05) is 6.04 Å². The Hall–Kier alpha value is -0.520. The summed E-state index contributed by atoms with van der Waals surface area (Å²) in [6.45, 7) is 2.36. The highest BCUT2D eigenvalue weighted by atomic mass is 79.9. The molecule has 1 aromatic carbocycles. The summed E-state index contributed by atoms with van der Waals surface area (Å²) in [4.78, 5) is 0. The average Bonchev–Trinajstić information content (AvgIpc) is 2.35. The van der Waals surface area contributed by atoms with Crippen LogP contribution in [0.3, 0.4) is 0 Å². The molecule has 1 aliphatic heterocycles. The largest absolute Gasteiger partial charge is 0.385 e. The van der Waals surface area contributed by atoms with Gasteiger partial charge in [-0.15, -0.1) is 0 Å². The Balaban J connectivity index is 2.25. The zero-order chi connectivity index (χ0) is 14.0. The first-order chi connectivity index (χ1) is 8.92. The predicted molar refractivity (Wildman–Crippen MR) is 73.9 cm³/mol. The van der Waals surface area contributed by atoms with Gasteiger partial charge < -0.3 is 10.4 Å². The quantitative estimate of drug-likeness (QED) is 0.830. The van der Waals surface area contributed by atoms with E-state index >= 15 is 0 Å². The molecule has 2 rings (SSSR count). The number of halogens is 3. The Labute approximate surface area is 120 Å². The van der Waals surface area contributed by atoms with Crippen LogP contribution in [0.2, 0.25) is 0 Å². The number of nitrogens with one attached hydrogen (secondary N) is 1. The summed E-state index contributed by atoms with van der Waals surface area (Å²) in [6, 6.07) is 2.58. The van der Waals surface area contributed by atoms with Crippen LogP contribution in [0, 0.1) is 11.6 Å². The maximum atomic E-state index is 14.0. The van der Waals surface area contributed by atoms with Gasteiger partial charge in [-0.3, -0.25) is 0 Å². The van der Waals surface area contributed by atoms with Gasteiger partial charge in [0.05, 0.1) is 15.6 Å². The second kappa shape index (κ2) is 5.85. The lowest BCUT2D eigenvalue weighted by Crippen LogP contribution is -2.40. The second-order valence-corrected chi connectivity index (χ2v) is 6.20. The van der Waals surface area contributed by atoms with Gasteiger partial charge in [0.15, 0.2) is 0 Å². The van der Waals surface area contributed by atoms with Crippen LogP contribution in [0.25, 0.3) is 0 Å². The summed E-state index contributed by atoms with van der Waals surface area (Å²) < 4.78 is 28.1. The number of piperidine rings is 1. The lowest BCUT2D eigenvalue weighted by atomic mass is 9.86. The molecule has 19 heavy (non-hydrogen) atoms. The first-order valence-electron chi connectivity index (χ1n) is 6.51. The van der Waals surface area contributed by atoms with Crippen molar-refractivity contribution < 1.29 is 13.9 Å². The van der Waals surface area contributed by atoms with E-state index in [2.05, 4.69) is 21.2 Å². The lowest BCUT2D eigenvalue weighted by Gasteiger charge is -2.32. The van der Waals surface area contributed by atoms with Gasteiger partial charge >= 0.3 is 0 Å². The lowest BCUT2D eigenvalue weighted by molar-refractivity contribution is 0.0261. The molecule has 1 aromatic rings. The highest BCUT2D eigenvalue weighted by Gasteiger charge is 2.34. The maximum Gasteiger partial charge on any atom is 0.146 e. The van der Waals surface area contributed by atoms with Crippen LogP contribution in [-0.4, -0.2) is 17.7 Å². The van der Waals surface area contributed by atoms with Crippen LogP contribution in [0.1, 0.15) is 38.2 Å². The van der Waals surface area contributed by atoms with Crippen molar-refractivity contribution in [3.05, 3.63) is 33.8 Å². The molecular weight excluding hydrogens is 316 g/mol. The van der Waals surface area contributed by atoms with E-state index in [9.17, 15) is 13.9 Å². The minimum atomic E-state index is -1.52. The van der Waals surface area contributed by atoms with Crippen molar-refractivity contribution in [1.29, 1.82) is 0 Å². The van der Waals surface area contributed by atoms with Gasteiger partial charge in [-0.25, -0.2) is 8.78 Å². The molecule has 0 spiro atoms. The molecule has 2 atom stereocenters. The summed E-state index contributed by atoms with van der Waals surface area (Å²) in [7, 11) is 0. The Morgan fingerprint density at radius 3 is 2.79 bits per heavy atom. The zero-order valence-corrected chi connectivity index (χ0v) is 12.4. The van der Waals surface area contributed by atoms with Crippen LogP contribution in [0.5, 0.6) is 0 Å². The maximum absolute atomic E-state index is 14.0. The Morgan fingerprint density at radius 2 is 2.16 bits per heavy atom. The minimum Gasteiger partial charge on any atom is -0.385 e. The van der Waals surface area contributed by atoms with Gasteiger partial charge in [-0.2, -0.15) is 0 Å². The van der Waals surface area contributed by atoms with Crippen LogP contribution >= 0.6 is 15.9 Å². The highest BCUT2D eigenvalue weighted by Crippen LogP contribution is 2.34. The van der Waals surface area contributed by atoms with Crippen LogP contribution in [0.15, 0.2) is 16.6 Å². The molecule has 5 heteroatoms. The molecule has 1 aliphatic rings. The fourth-order valence-corrected chi connectivity index (χ4v) is 3.03. The van der Waals surface area contributed by atoms with E-state index in [0.717, 1.165) is 25.8 Å². The summed E-state index contributed by atoms with van der Waals surface area (Å²) >= 11 is 3.03. The fraction of sp³-hybridized carbons (Fsp3) is 0.571. The van der Waals surface area contributed by atoms with Gasteiger partial charge in [0.2, 0.25) is 0 Å². The Bertz CT molecular complexity index is 459. The van der Waals surface area contributed by atoms with Gasteiger partial charge in [-0.05, 0) is 60.8 Å². The summed E-state index contributed by atoms with van der Waals surface area (Å²) in [5.41, 5.74) is -1.78. The van der Waals surface area contributed by atoms with Crippen molar-refractivity contribution in [2.45, 2.75) is 44.2 Å². The minimum absolute atomic E-state index is 0.0986. The van der Waals surface area contributed by atoms with Crippen molar-refractivity contribution in [2.24, 2.45) is 0 Å². The van der Waals surface area contributed by atoms with E-state index in [0.29, 0.717) is 6.42 Å². The van der Waals surface area contributed by atoms with E-state index in [-0.39, 0.29) is 16.1 Å². The van der Waals surface area contributed by atoms with Gasteiger partial charge in [-0.1, -0.05) is 6.42 Å². The normalized spacial score (nSPS) is 23.1. The summed E-state index contributed by atoms with van der Waals surface area (Å²) in [5, 5.41) is 13.8. The van der Waals surface area contributed by atoms with Crippen molar-refractivity contribution in [1.82, 2.24) is 5.32 Å². The summed E-state index contributed by atoms with van der Waals surface area (Å²) in [5.74, 6) is -1.43. The average molecular weight is 334 g/mol. The van der Waals surface area contributed by atoms with Crippen LogP contribution < -0.4 is 5.32 Å². The molecule has 0 amide bonds. The van der Waals surface area contributed by atoms with Crippen molar-refractivity contribution in [2.75, 3.05) is 6.54 Å². The van der Waals surface area contributed by atoms with E-state index in [4.69, 9.17) is 0 Å². The third kappa shape index (κ3) is 3.33. The molecule has 106 valence electrons. The molecule has 0 aliphatic carbocycles. The standard InChI is InChI=1S/C14H18BrF2NO/c1-14(19,8-9-4-2-3-7-18-9)12-11(16)6-5-10(15)13(12)17/h5-6,9,18-19H,2-4,7-8H2,1H3. The third-order valence-corrected chi connectivity index (χ3v) is 4.25. The van der Waals surface area contributed by atoms with Crippen molar-refractivity contribution >= 4 is 15.9 Å². The number of hydrogen-bond donors (Lipinski definition) is 2. The molecule has 2 nitrogen and oxygen atoms in total. The van der Waals surface area contributed by atoms with Crippen LogP contribution in [-0.2, 0) is 5.60 Å². The van der Waals surface area contributed by atoms with Gasteiger partial charge in [0.25, 0.3) is 0 Å². The number of aliphatic hydroxyl groups is 1. The molecule has 0 saturated carbocycles. The highest BCUT2D eigenvalue weighted by molar-refractivity contribution is 9.10. The van der Waals surface area contributed by atoms with Crippen molar-refractivity contribution in [3.63, 3.8) is 0 Å². The molecule has 0 aromatic heterocycles. The Morgan fingerprint density at radius 1 is 1.42 bits per heavy atom. The van der Waals surface area contributed by atoms with E-state index < -0.39 is 17.2 Å². The SMILES string of the molecule is CC(O)(CC1CCCCN1)c1c(F)ccc(Br)c1F. The molecule has 2 N–H and O–H groups in total. The molecule has 1 heterocycles. The molecule has 2 unspecified atom stereocenters. The molecule has 1 saturated heterocycles. The molecule has 0 radical (unpaired) electrons. The van der Waals surface area contributed by atoms with E-state index in [1.165, 1.54) is 19.1 Å². The van der Waals surface area contributed by atoms with E-state index in [1.54, 1.807) is 0 Å². The third-order valence-electron chi connectivity index (χ3n) is 3.64. The zero-order valence-electron chi connectivity index (χ0n) is 10.8. The van der Waals surface area contributed by atoms with E-state index in [1.807, 2.05) is 0 Å². The molecule has 1 fully saturated rings. The van der Waals surface area contributed by atoms with Crippen LogP contribution in [0.4, 0.5) is 8.78 Å². The molecular formula is C14H18BrF2NO. The van der Waals surface area contributed by atoms with Crippen molar-refractivity contribution in [3.8, 4) is 0 Å². The fourth-order valence-electron chi connectivity index (χ4n) is 2.70. The topological polar surface area (TPSA) is 32.3 Å². The summed E-state index contributed by atoms with van der Waals surface area (Å²) in [6.07, 6.45) is 3.42.